The van der Waals surface area contributed by atoms with Gasteiger partial charge in [-0.25, -0.2) is 0 Å². The summed E-state index contributed by atoms with van der Waals surface area (Å²) >= 11 is 5.93. The van der Waals surface area contributed by atoms with E-state index >= 15 is 0 Å². The highest BCUT2D eigenvalue weighted by molar-refractivity contribution is 9.10. The number of nitrogens with zero attached hydrogens (tertiary/aromatic N) is 1. The van der Waals surface area contributed by atoms with Gasteiger partial charge < -0.3 is 9.47 Å². The third-order valence-corrected chi connectivity index (χ3v) is 6.04. The highest BCUT2D eigenvalue weighted by atomic mass is 79.9. The topological polar surface area (TPSA) is 55.8 Å². The summed E-state index contributed by atoms with van der Waals surface area (Å²) in [4.78, 5) is 27.5. The largest absolute Gasteiger partial charge is 0.493 e. The number of ether oxygens (including phenoxy) is 2. The van der Waals surface area contributed by atoms with Crippen molar-refractivity contribution in [1.82, 2.24) is 4.90 Å². The molecule has 1 aromatic heterocycles. The van der Waals surface area contributed by atoms with E-state index in [4.69, 9.17) is 9.47 Å². The van der Waals surface area contributed by atoms with Crippen molar-refractivity contribution in [2.45, 2.75) is 6.54 Å². The first-order chi connectivity index (χ1) is 12.0. The lowest BCUT2D eigenvalue weighted by Gasteiger charge is -2.16. The van der Waals surface area contributed by atoms with Crippen molar-refractivity contribution in [1.29, 1.82) is 0 Å². The Morgan fingerprint density at radius 2 is 1.92 bits per heavy atom. The van der Waals surface area contributed by atoms with Crippen LogP contribution in [0, 0.1) is 0 Å². The fraction of sp³-hybridized carbons (Fsp3) is 0.176. The van der Waals surface area contributed by atoms with Crippen LogP contribution in [0.25, 0.3) is 6.08 Å². The van der Waals surface area contributed by atoms with Crippen LogP contribution in [0.15, 0.2) is 39.0 Å². The van der Waals surface area contributed by atoms with E-state index in [2.05, 4.69) is 15.9 Å². The molecule has 0 atom stereocenters. The highest BCUT2D eigenvalue weighted by Crippen LogP contribution is 2.37. The minimum atomic E-state index is -0.287. The van der Waals surface area contributed by atoms with Gasteiger partial charge in [0.25, 0.3) is 11.1 Å². The average Bonchev–Trinajstić information content (AvgIpc) is 3.20. The molecule has 1 aliphatic rings. The summed E-state index contributed by atoms with van der Waals surface area (Å²) < 4.78 is 11.3. The van der Waals surface area contributed by atoms with Crippen LogP contribution < -0.4 is 9.47 Å². The predicted molar refractivity (Wildman–Crippen MR) is 103 cm³/mol. The SMILES string of the molecule is COc1cc(Br)c(CN2C(=O)S/C(=C\c3cccs3)C2=O)cc1OC. The fourth-order valence-electron chi connectivity index (χ4n) is 2.33. The zero-order chi connectivity index (χ0) is 18.0. The van der Waals surface area contributed by atoms with Gasteiger partial charge in [0.1, 0.15) is 0 Å². The average molecular weight is 440 g/mol. The van der Waals surface area contributed by atoms with Crippen molar-refractivity contribution in [3.05, 3.63) is 49.5 Å². The zero-order valence-corrected chi connectivity index (χ0v) is 16.7. The molecule has 0 N–H and O–H groups in total. The van der Waals surface area contributed by atoms with Gasteiger partial charge in [-0.15, -0.1) is 11.3 Å². The number of hydrogen-bond acceptors (Lipinski definition) is 6. The van der Waals surface area contributed by atoms with Gasteiger partial charge in [0.05, 0.1) is 25.7 Å². The molecule has 1 fully saturated rings. The minimum absolute atomic E-state index is 0.160. The highest BCUT2D eigenvalue weighted by Gasteiger charge is 2.35. The number of thiophene rings is 1. The summed E-state index contributed by atoms with van der Waals surface area (Å²) in [5.74, 6) is 0.830. The number of hydrogen-bond donors (Lipinski definition) is 0. The van der Waals surface area contributed by atoms with Crippen LogP contribution in [0.4, 0.5) is 4.79 Å². The smallest absolute Gasteiger partial charge is 0.293 e. The molecule has 0 saturated carbocycles. The molecule has 0 spiro atoms. The maximum Gasteiger partial charge on any atom is 0.293 e. The molecule has 0 unspecified atom stereocenters. The molecule has 2 aromatic rings. The molecular weight excluding hydrogens is 426 g/mol. The number of rotatable bonds is 5. The lowest BCUT2D eigenvalue weighted by Crippen LogP contribution is -2.27. The molecule has 8 heteroatoms. The maximum absolute atomic E-state index is 12.6. The lowest BCUT2D eigenvalue weighted by atomic mass is 10.2. The van der Waals surface area contributed by atoms with E-state index in [-0.39, 0.29) is 17.7 Å². The fourth-order valence-corrected chi connectivity index (χ4v) is 4.34. The molecular formula is C17H14BrNO4S2. The molecule has 2 amide bonds. The second-order valence-electron chi connectivity index (χ2n) is 5.08. The van der Waals surface area contributed by atoms with Gasteiger partial charge in [0.15, 0.2) is 11.5 Å². The Kier molecular flexibility index (Phi) is 5.51. The Hall–Kier alpha value is -1.77. The molecule has 1 saturated heterocycles. The molecule has 2 heterocycles. The van der Waals surface area contributed by atoms with Crippen molar-refractivity contribution in [2.24, 2.45) is 0 Å². The number of imide groups is 1. The normalized spacial score (nSPS) is 16.0. The van der Waals surface area contributed by atoms with Crippen molar-refractivity contribution in [2.75, 3.05) is 14.2 Å². The summed E-state index contributed by atoms with van der Waals surface area (Å²) in [5, 5.41) is 1.64. The first kappa shape index (κ1) is 18.0. The number of carbonyl (C=O) groups is 2. The molecule has 25 heavy (non-hydrogen) atoms. The number of amides is 2. The summed E-state index contributed by atoms with van der Waals surface area (Å²) in [5.41, 5.74) is 0.761. The second-order valence-corrected chi connectivity index (χ2v) is 7.91. The van der Waals surface area contributed by atoms with Crippen LogP contribution in [-0.4, -0.2) is 30.3 Å². The Balaban J connectivity index is 1.86. The van der Waals surface area contributed by atoms with E-state index in [0.717, 1.165) is 26.7 Å². The van der Waals surface area contributed by atoms with E-state index < -0.39 is 0 Å². The molecule has 0 radical (unpaired) electrons. The van der Waals surface area contributed by atoms with Crippen LogP contribution in [0.2, 0.25) is 0 Å². The van der Waals surface area contributed by atoms with E-state index in [1.807, 2.05) is 17.5 Å². The Bertz CT molecular complexity index is 849. The van der Waals surface area contributed by atoms with Crippen molar-refractivity contribution in [3.63, 3.8) is 0 Å². The van der Waals surface area contributed by atoms with E-state index in [1.165, 1.54) is 16.2 Å². The van der Waals surface area contributed by atoms with E-state index in [0.29, 0.717) is 16.4 Å². The second kappa shape index (κ2) is 7.63. The zero-order valence-electron chi connectivity index (χ0n) is 13.4. The van der Waals surface area contributed by atoms with Gasteiger partial charge in [-0.3, -0.25) is 14.5 Å². The molecule has 0 bridgehead atoms. The van der Waals surface area contributed by atoms with Gasteiger partial charge >= 0.3 is 0 Å². The third-order valence-electron chi connectivity index (χ3n) is 3.57. The molecule has 0 aliphatic carbocycles. The quantitative estimate of drug-likeness (QED) is 0.628. The van der Waals surface area contributed by atoms with Gasteiger partial charge in [-0.1, -0.05) is 22.0 Å². The minimum Gasteiger partial charge on any atom is -0.493 e. The summed E-state index contributed by atoms with van der Waals surface area (Å²) in [6.07, 6.45) is 1.75. The number of benzene rings is 1. The maximum atomic E-state index is 12.6. The van der Waals surface area contributed by atoms with Crippen molar-refractivity contribution >= 4 is 56.3 Å². The van der Waals surface area contributed by atoms with Crippen molar-refractivity contribution < 1.29 is 19.1 Å². The Morgan fingerprint density at radius 1 is 1.20 bits per heavy atom. The summed E-state index contributed by atoms with van der Waals surface area (Å²) in [7, 11) is 3.09. The first-order valence-corrected chi connectivity index (χ1v) is 9.71. The molecule has 1 aromatic carbocycles. The number of carbonyl (C=O) groups excluding carboxylic acids is 2. The standard InChI is InChI=1S/C17H14BrNO4S2/c1-22-13-6-10(12(18)8-14(13)23-2)9-19-16(20)15(25-17(19)21)7-11-4-3-5-24-11/h3-8H,9H2,1-2H3/b15-7-. The van der Waals surface area contributed by atoms with Gasteiger partial charge in [0, 0.05) is 9.35 Å². The van der Waals surface area contributed by atoms with Crippen LogP contribution in [0.3, 0.4) is 0 Å². The van der Waals surface area contributed by atoms with Crippen LogP contribution in [0.5, 0.6) is 11.5 Å². The molecule has 1 aliphatic heterocycles. The van der Waals surface area contributed by atoms with E-state index in [9.17, 15) is 9.59 Å². The van der Waals surface area contributed by atoms with E-state index in [1.54, 1.807) is 32.4 Å². The number of methoxy groups -OCH3 is 2. The Morgan fingerprint density at radius 3 is 2.56 bits per heavy atom. The summed E-state index contributed by atoms with van der Waals surface area (Å²) in [6, 6.07) is 7.33. The Labute approximate surface area is 161 Å². The van der Waals surface area contributed by atoms with Crippen LogP contribution in [0.1, 0.15) is 10.4 Å². The first-order valence-electron chi connectivity index (χ1n) is 7.22. The van der Waals surface area contributed by atoms with Gasteiger partial charge in [0.2, 0.25) is 0 Å². The molecule has 3 rings (SSSR count). The van der Waals surface area contributed by atoms with Crippen molar-refractivity contribution in [3.8, 4) is 11.5 Å². The number of thioether (sulfide) groups is 1. The molecule has 5 nitrogen and oxygen atoms in total. The number of halogens is 1. The van der Waals surface area contributed by atoms with Crippen LogP contribution >= 0.6 is 39.0 Å². The molecule has 130 valence electrons. The lowest BCUT2D eigenvalue weighted by molar-refractivity contribution is -0.123. The predicted octanol–water partition coefficient (Wildman–Crippen LogP) is 4.76. The van der Waals surface area contributed by atoms with Gasteiger partial charge in [-0.2, -0.15) is 0 Å². The monoisotopic (exact) mass is 439 g/mol. The summed E-state index contributed by atoms with van der Waals surface area (Å²) in [6.45, 7) is 0.160. The third kappa shape index (κ3) is 3.75. The van der Waals surface area contributed by atoms with Gasteiger partial charge in [-0.05, 0) is 47.0 Å². The van der Waals surface area contributed by atoms with Crippen LogP contribution in [-0.2, 0) is 11.3 Å².